The van der Waals surface area contributed by atoms with E-state index in [9.17, 15) is 4.79 Å². The van der Waals surface area contributed by atoms with Gasteiger partial charge in [0.05, 0.1) is 0 Å². The van der Waals surface area contributed by atoms with Crippen molar-refractivity contribution >= 4 is 34.9 Å². The molecule has 0 fully saturated rings. The van der Waals surface area contributed by atoms with Crippen LogP contribution >= 0.6 is 23.2 Å². The second-order valence-electron chi connectivity index (χ2n) is 3.66. The predicted molar refractivity (Wildman–Crippen MR) is 71.7 cm³/mol. The third-order valence-corrected chi connectivity index (χ3v) is 2.61. The first-order valence-corrected chi connectivity index (χ1v) is 6.03. The molecule has 0 saturated carbocycles. The second-order valence-corrected chi connectivity index (χ2v) is 4.53. The van der Waals surface area contributed by atoms with Crippen molar-refractivity contribution < 1.29 is 4.79 Å². The van der Waals surface area contributed by atoms with Crippen molar-refractivity contribution in [3.8, 4) is 0 Å². The van der Waals surface area contributed by atoms with E-state index in [0.717, 1.165) is 6.42 Å². The van der Waals surface area contributed by atoms with Crippen LogP contribution in [0.2, 0.25) is 10.0 Å². The van der Waals surface area contributed by atoms with E-state index in [1.54, 1.807) is 18.2 Å². The number of carbonyl (C=O) groups is 1. The first kappa shape index (κ1) is 14.1. The van der Waals surface area contributed by atoms with Crippen LogP contribution in [0.5, 0.6) is 0 Å². The molecular weight excluding hydrogens is 261 g/mol. The molecule has 0 bridgehead atoms. The van der Waals surface area contributed by atoms with Crippen molar-refractivity contribution in [1.29, 1.82) is 0 Å². The van der Waals surface area contributed by atoms with Crippen LogP contribution in [0.3, 0.4) is 0 Å². The SMILES string of the molecule is CCC(N)CNC(=O)Nc1cc(Cl)cc(Cl)c1. The Morgan fingerprint density at radius 3 is 2.47 bits per heavy atom. The lowest BCUT2D eigenvalue weighted by atomic mass is 10.2. The quantitative estimate of drug-likeness (QED) is 0.791. The minimum absolute atomic E-state index is 0.0382. The standard InChI is InChI=1S/C11H15Cl2N3O/c1-2-9(14)6-15-11(17)16-10-4-7(12)3-8(13)5-10/h3-5,9H,2,6,14H2,1H3,(H2,15,16,17). The fraction of sp³-hybridized carbons (Fsp3) is 0.364. The lowest BCUT2D eigenvalue weighted by Gasteiger charge is -2.11. The Morgan fingerprint density at radius 2 is 1.94 bits per heavy atom. The highest BCUT2D eigenvalue weighted by Crippen LogP contribution is 2.22. The highest BCUT2D eigenvalue weighted by molar-refractivity contribution is 6.35. The molecule has 94 valence electrons. The van der Waals surface area contributed by atoms with Crippen LogP contribution in [0.4, 0.5) is 10.5 Å². The Hall–Kier alpha value is -0.970. The van der Waals surface area contributed by atoms with Gasteiger partial charge >= 0.3 is 6.03 Å². The zero-order valence-electron chi connectivity index (χ0n) is 9.47. The van der Waals surface area contributed by atoms with E-state index in [1.165, 1.54) is 0 Å². The van der Waals surface area contributed by atoms with Crippen LogP contribution in [0.15, 0.2) is 18.2 Å². The Bertz CT molecular complexity index is 378. The molecular formula is C11H15Cl2N3O. The molecule has 1 aromatic carbocycles. The van der Waals surface area contributed by atoms with Gasteiger partial charge < -0.3 is 16.4 Å². The first-order chi connectivity index (χ1) is 8.01. The van der Waals surface area contributed by atoms with Crippen LogP contribution in [-0.4, -0.2) is 18.6 Å². The van der Waals surface area contributed by atoms with Crippen molar-refractivity contribution in [2.24, 2.45) is 5.73 Å². The molecule has 1 atom stereocenters. The molecule has 0 aliphatic heterocycles. The number of hydrogen-bond acceptors (Lipinski definition) is 2. The van der Waals surface area contributed by atoms with Crippen LogP contribution in [0.1, 0.15) is 13.3 Å². The first-order valence-electron chi connectivity index (χ1n) is 5.27. The summed E-state index contributed by atoms with van der Waals surface area (Å²) in [6, 6.07) is 4.47. The molecule has 4 nitrogen and oxygen atoms in total. The molecule has 0 aliphatic carbocycles. The van der Waals surface area contributed by atoms with E-state index in [1.807, 2.05) is 6.92 Å². The molecule has 17 heavy (non-hydrogen) atoms. The Kier molecular flexibility index (Phi) is 5.55. The number of nitrogens with one attached hydrogen (secondary N) is 2. The van der Waals surface area contributed by atoms with Crippen LogP contribution < -0.4 is 16.4 Å². The highest BCUT2D eigenvalue weighted by atomic mass is 35.5. The molecule has 1 aromatic rings. The maximum absolute atomic E-state index is 11.5. The number of nitrogens with two attached hydrogens (primary N) is 1. The van der Waals surface area contributed by atoms with E-state index < -0.39 is 0 Å². The lowest BCUT2D eigenvalue weighted by Crippen LogP contribution is -2.38. The summed E-state index contributed by atoms with van der Waals surface area (Å²) < 4.78 is 0. The normalized spacial score (nSPS) is 12.0. The number of anilines is 1. The fourth-order valence-corrected chi connectivity index (χ4v) is 1.70. The lowest BCUT2D eigenvalue weighted by molar-refractivity contribution is 0.251. The molecule has 0 heterocycles. The number of urea groups is 1. The van der Waals surface area contributed by atoms with Crippen molar-refractivity contribution in [2.75, 3.05) is 11.9 Å². The van der Waals surface area contributed by atoms with E-state index >= 15 is 0 Å². The summed E-state index contributed by atoms with van der Waals surface area (Å²) in [6.07, 6.45) is 0.809. The van der Waals surface area contributed by atoms with Crippen molar-refractivity contribution in [2.45, 2.75) is 19.4 Å². The molecule has 1 unspecified atom stereocenters. The van der Waals surface area contributed by atoms with Gasteiger partial charge in [-0.05, 0) is 24.6 Å². The number of hydrogen-bond donors (Lipinski definition) is 3. The van der Waals surface area contributed by atoms with Gasteiger partial charge in [-0.1, -0.05) is 30.1 Å². The molecule has 0 aliphatic rings. The number of benzene rings is 1. The maximum atomic E-state index is 11.5. The minimum atomic E-state index is -0.327. The summed E-state index contributed by atoms with van der Waals surface area (Å²) in [4.78, 5) is 11.5. The van der Waals surface area contributed by atoms with Gasteiger partial charge in [-0.15, -0.1) is 0 Å². The number of carbonyl (C=O) groups excluding carboxylic acids is 1. The smallest absolute Gasteiger partial charge is 0.319 e. The minimum Gasteiger partial charge on any atom is -0.336 e. The Labute approximate surface area is 110 Å². The summed E-state index contributed by atoms with van der Waals surface area (Å²) in [7, 11) is 0. The average molecular weight is 276 g/mol. The van der Waals surface area contributed by atoms with Gasteiger partial charge in [-0.3, -0.25) is 0 Å². The van der Waals surface area contributed by atoms with Crippen molar-refractivity contribution in [3.63, 3.8) is 0 Å². The topological polar surface area (TPSA) is 67.1 Å². The third kappa shape index (κ3) is 5.26. The molecule has 1 rings (SSSR count). The maximum Gasteiger partial charge on any atom is 0.319 e. The summed E-state index contributed by atoms with van der Waals surface area (Å²) in [6.45, 7) is 2.39. The summed E-state index contributed by atoms with van der Waals surface area (Å²) in [5, 5.41) is 6.23. The molecule has 4 N–H and O–H groups in total. The molecule has 0 radical (unpaired) electrons. The molecule has 2 amide bonds. The molecule has 0 saturated heterocycles. The van der Waals surface area contributed by atoms with Crippen LogP contribution in [-0.2, 0) is 0 Å². The van der Waals surface area contributed by atoms with Crippen molar-refractivity contribution in [3.05, 3.63) is 28.2 Å². The Morgan fingerprint density at radius 1 is 1.35 bits per heavy atom. The summed E-state index contributed by atoms with van der Waals surface area (Å²) in [5.41, 5.74) is 6.22. The van der Waals surface area contributed by atoms with Gasteiger partial charge in [-0.25, -0.2) is 4.79 Å². The molecule has 0 spiro atoms. The third-order valence-electron chi connectivity index (χ3n) is 2.17. The van der Waals surface area contributed by atoms with Gasteiger partial charge in [0, 0.05) is 28.3 Å². The van der Waals surface area contributed by atoms with Gasteiger partial charge in [0.25, 0.3) is 0 Å². The largest absolute Gasteiger partial charge is 0.336 e. The van der Waals surface area contributed by atoms with Crippen LogP contribution in [0.25, 0.3) is 0 Å². The van der Waals surface area contributed by atoms with Gasteiger partial charge in [0.2, 0.25) is 0 Å². The monoisotopic (exact) mass is 275 g/mol. The molecule has 0 aromatic heterocycles. The zero-order chi connectivity index (χ0) is 12.8. The average Bonchev–Trinajstić information content (AvgIpc) is 2.24. The van der Waals surface area contributed by atoms with Gasteiger partial charge in [-0.2, -0.15) is 0 Å². The molecule has 6 heteroatoms. The Balaban J connectivity index is 2.50. The van der Waals surface area contributed by atoms with Gasteiger partial charge in [0.1, 0.15) is 0 Å². The second kappa shape index (κ2) is 6.69. The van der Waals surface area contributed by atoms with E-state index in [4.69, 9.17) is 28.9 Å². The number of halogens is 2. The van der Waals surface area contributed by atoms with E-state index in [0.29, 0.717) is 22.3 Å². The van der Waals surface area contributed by atoms with Crippen LogP contribution in [0, 0.1) is 0 Å². The van der Waals surface area contributed by atoms with E-state index in [-0.39, 0.29) is 12.1 Å². The summed E-state index contributed by atoms with van der Waals surface area (Å²) >= 11 is 11.6. The van der Waals surface area contributed by atoms with Gasteiger partial charge in [0.15, 0.2) is 0 Å². The number of amides is 2. The summed E-state index contributed by atoms with van der Waals surface area (Å²) in [5.74, 6) is 0. The van der Waals surface area contributed by atoms with E-state index in [2.05, 4.69) is 10.6 Å². The fourth-order valence-electron chi connectivity index (χ4n) is 1.17. The van der Waals surface area contributed by atoms with Crippen molar-refractivity contribution in [1.82, 2.24) is 5.32 Å². The predicted octanol–water partition coefficient (Wildman–Crippen LogP) is 2.85. The number of rotatable bonds is 4. The zero-order valence-corrected chi connectivity index (χ0v) is 11.0. The highest BCUT2D eigenvalue weighted by Gasteiger charge is 2.05.